The Morgan fingerprint density at radius 3 is 2.93 bits per heavy atom. The number of aromatic amines is 1. The van der Waals surface area contributed by atoms with E-state index < -0.39 is 0 Å². The number of rotatable bonds is 4. The van der Waals surface area contributed by atoms with Crippen LogP contribution in [0.25, 0.3) is 26.7 Å². The summed E-state index contributed by atoms with van der Waals surface area (Å²) in [5.41, 5.74) is 4.50. The highest BCUT2D eigenvalue weighted by Crippen LogP contribution is 2.35. The quantitative estimate of drug-likeness (QED) is 0.381. The fraction of sp³-hybridized carbons (Fsp3) is 0.190. The van der Waals surface area contributed by atoms with Gasteiger partial charge in [0.05, 0.1) is 22.2 Å². The molecule has 2 aromatic carbocycles. The molecule has 0 saturated carbocycles. The van der Waals surface area contributed by atoms with Crippen molar-refractivity contribution >= 4 is 48.8 Å². The third-order valence-corrected chi connectivity index (χ3v) is 6.37. The number of nitro groups is 1. The van der Waals surface area contributed by atoms with Crippen LogP contribution in [0.3, 0.4) is 0 Å². The summed E-state index contributed by atoms with van der Waals surface area (Å²) >= 11 is 1.50. The summed E-state index contributed by atoms with van der Waals surface area (Å²) in [6, 6.07) is 10.9. The number of ether oxygens (including phenoxy) is 1. The van der Waals surface area contributed by atoms with Gasteiger partial charge in [-0.1, -0.05) is 17.4 Å². The summed E-state index contributed by atoms with van der Waals surface area (Å²) in [6.07, 6.45) is 5.20. The van der Waals surface area contributed by atoms with E-state index in [1.165, 1.54) is 28.5 Å². The maximum Gasteiger partial charge on any atom is 0.270 e. The predicted octanol–water partition coefficient (Wildman–Crippen LogP) is 4.99. The number of thiazole rings is 1. The second-order valence-electron chi connectivity index (χ2n) is 6.94. The largest absolute Gasteiger partial charge is 0.497 e. The Morgan fingerprint density at radius 1 is 1.28 bits per heavy atom. The molecule has 3 heterocycles. The second-order valence-corrected chi connectivity index (χ2v) is 7.95. The number of methoxy groups -OCH3 is 1. The van der Waals surface area contributed by atoms with Crippen molar-refractivity contribution in [3.05, 3.63) is 64.3 Å². The smallest absolute Gasteiger partial charge is 0.270 e. The van der Waals surface area contributed by atoms with Crippen molar-refractivity contribution in [2.45, 2.75) is 6.42 Å². The zero-order chi connectivity index (χ0) is 20.0. The van der Waals surface area contributed by atoms with Gasteiger partial charge in [0.25, 0.3) is 5.69 Å². The average Bonchev–Trinajstić information content (AvgIpc) is 3.36. The molecule has 0 amide bonds. The molecule has 0 bridgehead atoms. The maximum absolute atomic E-state index is 11.0. The molecule has 5 rings (SSSR count). The molecule has 0 fully saturated rings. The fourth-order valence-corrected chi connectivity index (χ4v) is 4.76. The first-order valence-corrected chi connectivity index (χ1v) is 10.1. The molecule has 2 aromatic heterocycles. The van der Waals surface area contributed by atoms with Crippen LogP contribution in [0.15, 0.2) is 48.7 Å². The van der Waals surface area contributed by atoms with Crippen LogP contribution in [0.1, 0.15) is 12.0 Å². The van der Waals surface area contributed by atoms with Crippen LogP contribution in [0, 0.1) is 10.1 Å². The van der Waals surface area contributed by atoms with E-state index in [1.54, 1.807) is 19.2 Å². The third kappa shape index (κ3) is 3.11. The maximum atomic E-state index is 11.0. The van der Waals surface area contributed by atoms with E-state index in [4.69, 9.17) is 4.74 Å². The topological polar surface area (TPSA) is 84.3 Å². The minimum absolute atomic E-state index is 0.100. The number of nitrogens with zero attached hydrogens (tertiary/aromatic N) is 3. The first-order valence-electron chi connectivity index (χ1n) is 9.27. The highest BCUT2D eigenvalue weighted by molar-refractivity contribution is 7.22. The van der Waals surface area contributed by atoms with Gasteiger partial charge < -0.3 is 14.6 Å². The van der Waals surface area contributed by atoms with Gasteiger partial charge in [-0.05, 0) is 36.3 Å². The molecule has 8 heteroatoms. The van der Waals surface area contributed by atoms with Crippen molar-refractivity contribution in [3.63, 3.8) is 0 Å². The lowest BCUT2D eigenvalue weighted by atomic mass is 9.99. The number of benzene rings is 2. The predicted molar refractivity (Wildman–Crippen MR) is 116 cm³/mol. The van der Waals surface area contributed by atoms with Crippen LogP contribution in [0.2, 0.25) is 0 Å². The van der Waals surface area contributed by atoms with Gasteiger partial charge in [0, 0.05) is 47.9 Å². The summed E-state index contributed by atoms with van der Waals surface area (Å²) in [6.45, 7) is 1.61. The zero-order valence-electron chi connectivity index (χ0n) is 15.7. The van der Waals surface area contributed by atoms with Crippen LogP contribution in [0.4, 0.5) is 10.8 Å². The molecule has 0 saturated heterocycles. The molecule has 0 radical (unpaired) electrons. The van der Waals surface area contributed by atoms with Gasteiger partial charge >= 0.3 is 0 Å². The van der Waals surface area contributed by atoms with E-state index in [0.29, 0.717) is 0 Å². The van der Waals surface area contributed by atoms with E-state index in [9.17, 15) is 10.1 Å². The lowest BCUT2D eigenvalue weighted by Gasteiger charge is -2.25. The van der Waals surface area contributed by atoms with Crippen molar-refractivity contribution in [1.29, 1.82) is 0 Å². The molecule has 1 N–H and O–H groups in total. The normalized spacial score (nSPS) is 14.4. The highest BCUT2D eigenvalue weighted by Gasteiger charge is 2.19. The first-order chi connectivity index (χ1) is 14.1. The zero-order valence-corrected chi connectivity index (χ0v) is 16.5. The minimum Gasteiger partial charge on any atom is -0.497 e. The summed E-state index contributed by atoms with van der Waals surface area (Å²) in [5.74, 6) is 0.847. The summed E-state index contributed by atoms with van der Waals surface area (Å²) in [5, 5.41) is 13.1. The standard InChI is InChI=1S/C21H18N4O3S/c1-28-15-3-5-18-16(11-15)17(12-22-18)13-6-8-24(9-7-13)21-23-19-4-2-14(25(26)27)10-20(19)29-21/h2-6,10-12,22H,7-9H2,1H3. The minimum atomic E-state index is -0.370. The van der Waals surface area contributed by atoms with Crippen LogP contribution in [-0.2, 0) is 0 Å². The van der Waals surface area contributed by atoms with Gasteiger partial charge in [0.2, 0.25) is 0 Å². The highest BCUT2D eigenvalue weighted by atomic mass is 32.1. The van der Waals surface area contributed by atoms with E-state index in [2.05, 4.69) is 33.2 Å². The molecule has 0 spiro atoms. The van der Waals surface area contributed by atoms with Gasteiger partial charge in [0.1, 0.15) is 5.75 Å². The Bertz CT molecular complexity index is 1270. The second kappa shape index (κ2) is 6.89. The van der Waals surface area contributed by atoms with Crippen LogP contribution >= 0.6 is 11.3 Å². The number of anilines is 1. The molecule has 146 valence electrons. The van der Waals surface area contributed by atoms with E-state index in [0.717, 1.165) is 51.5 Å². The van der Waals surface area contributed by atoms with Crippen molar-refractivity contribution < 1.29 is 9.66 Å². The molecule has 4 aromatic rings. The van der Waals surface area contributed by atoms with Crippen LogP contribution in [-0.4, -0.2) is 35.1 Å². The van der Waals surface area contributed by atoms with Gasteiger partial charge in [-0.25, -0.2) is 4.98 Å². The molecular formula is C21H18N4O3S. The molecular weight excluding hydrogens is 388 g/mol. The van der Waals surface area contributed by atoms with Gasteiger partial charge in [0.15, 0.2) is 5.13 Å². The summed E-state index contributed by atoms with van der Waals surface area (Å²) in [4.78, 5) is 20.8. The molecule has 1 aliphatic rings. The Kier molecular flexibility index (Phi) is 4.21. The number of nitro benzene ring substituents is 1. The summed E-state index contributed by atoms with van der Waals surface area (Å²) < 4.78 is 6.21. The number of aromatic nitrogens is 2. The molecule has 0 aliphatic carbocycles. The summed E-state index contributed by atoms with van der Waals surface area (Å²) in [7, 11) is 1.68. The Labute approximate surface area is 170 Å². The Morgan fingerprint density at radius 2 is 2.17 bits per heavy atom. The van der Waals surface area contributed by atoms with Crippen LogP contribution < -0.4 is 9.64 Å². The first kappa shape index (κ1) is 17.7. The molecule has 0 unspecified atom stereocenters. The lowest BCUT2D eigenvalue weighted by Crippen LogP contribution is -2.27. The lowest BCUT2D eigenvalue weighted by molar-refractivity contribution is -0.384. The number of H-pyrrole nitrogens is 1. The molecule has 29 heavy (non-hydrogen) atoms. The Hall–Kier alpha value is -3.39. The third-order valence-electron chi connectivity index (χ3n) is 5.29. The van der Waals surface area contributed by atoms with E-state index >= 15 is 0 Å². The van der Waals surface area contributed by atoms with E-state index in [-0.39, 0.29) is 10.6 Å². The number of non-ortho nitro benzene ring substituents is 1. The van der Waals surface area contributed by atoms with E-state index in [1.807, 2.05) is 12.1 Å². The Balaban J connectivity index is 1.42. The number of hydrogen-bond acceptors (Lipinski definition) is 6. The molecule has 0 atom stereocenters. The average molecular weight is 406 g/mol. The number of nitrogens with one attached hydrogen (secondary N) is 1. The van der Waals surface area contributed by atoms with Crippen molar-refractivity contribution in [2.75, 3.05) is 25.1 Å². The van der Waals surface area contributed by atoms with Crippen molar-refractivity contribution in [1.82, 2.24) is 9.97 Å². The monoisotopic (exact) mass is 406 g/mol. The molecule has 7 nitrogen and oxygen atoms in total. The van der Waals surface area contributed by atoms with Crippen molar-refractivity contribution in [3.8, 4) is 5.75 Å². The SMILES string of the molecule is COc1ccc2[nH]cc(C3=CCN(c4nc5ccc([N+](=O)[O-])cc5s4)CC3)c2c1. The van der Waals surface area contributed by atoms with Gasteiger partial charge in [-0.2, -0.15) is 0 Å². The fourth-order valence-electron chi connectivity index (χ4n) is 3.73. The molecule has 1 aliphatic heterocycles. The van der Waals surface area contributed by atoms with Crippen LogP contribution in [0.5, 0.6) is 5.75 Å². The van der Waals surface area contributed by atoms with Gasteiger partial charge in [-0.3, -0.25) is 10.1 Å². The van der Waals surface area contributed by atoms with Gasteiger partial charge in [-0.15, -0.1) is 0 Å². The number of fused-ring (bicyclic) bond motifs is 2. The number of hydrogen-bond donors (Lipinski definition) is 1. The van der Waals surface area contributed by atoms with Crippen molar-refractivity contribution in [2.24, 2.45) is 0 Å².